The second kappa shape index (κ2) is 6.33. The molecule has 1 unspecified atom stereocenters. The maximum absolute atomic E-state index is 11.8. The van der Waals surface area contributed by atoms with E-state index in [1.165, 1.54) is 0 Å². The van der Waals surface area contributed by atoms with E-state index in [1.54, 1.807) is 18.6 Å². The average molecular weight is 249 g/mol. The second-order valence-corrected chi connectivity index (χ2v) is 4.52. The number of ether oxygens (including phenoxy) is 1. The summed E-state index contributed by atoms with van der Waals surface area (Å²) >= 11 is 0. The number of hydrogen-bond acceptors (Lipinski definition) is 4. The van der Waals surface area contributed by atoms with Crippen LogP contribution in [0.15, 0.2) is 18.6 Å². The molecule has 5 heteroatoms. The molecule has 0 aromatic carbocycles. The second-order valence-electron chi connectivity index (χ2n) is 4.52. The minimum absolute atomic E-state index is 0.0382. The Labute approximate surface area is 107 Å². The van der Waals surface area contributed by atoms with Gasteiger partial charge in [-0.3, -0.25) is 9.78 Å². The Bertz CT molecular complexity index is 383. The van der Waals surface area contributed by atoms with Crippen molar-refractivity contribution in [3.63, 3.8) is 0 Å². The summed E-state index contributed by atoms with van der Waals surface area (Å²) < 4.78 is 5.75. The van der Waals surface area contributed by atoms with Crippen LogP contribution >= 0.6 is 0 Å². The number of likely N-dealkylation sites (tertiary alicyclic amines) is 1. The predicted molar refractivity (Wildman–Crippen MR) is 67.2 cm³/mol. The van der Waals surface area contributed by atoms with Crippen LogP contribution in [-0.4, -0.2) is 40.0 Å². The van der Waals surface area contributed by atoms with Gasteiger partial charge in [0.2, 0.25) is 11.8 Å². The molecule has 0 radical (unpaired) electrons. The Hall–Kier alpha value is -1.65. The quantitative estimate of drug-likeness (QED) is 0.814. The molecule has 0 saturated carbocycles. The highest BCUT2D eigenvalue weighted by Gasteiger charge is 2.24. The van der Waals surface area contributed by atoms with E-state index >= 15 is 0 Å². The molecule has 18 heavy (non-hydrogen) atoms. The number of amides is 1. The molecule has 1 fully saturated rings. The first-order valence-corrected chi connectivity index (χ1v) is 6.50. The van der Waals surface area contributed by atoms with Crippen LogP contribution in [0.2, 0.25) is 0 Å². The maximum Gasteiger partial charge on any atom is 0.232 e. The third-order valence-corrected chi connectivity index (χ3v) is 3.02. The van der Waals surface area contributed by atoms with Gasteiger partial charge in [0.15, 0.2) is 0 Å². The summed E-state index contributed by atoms with van der Waals surface area (Å²) in [5.41, 5.74) is 0. The van der Waals surface area contributed by atoms with E-state index in [2.05, 4.69) is 9.97 Å². The van der Waals surface area contributed by atoms with Gasteiger partial charge in [0.25, 0.3) is 0 Å². The first-order chi connectivity index (χ1) is 8.79. The molecule has 2 rings (SSSR count). The first kappa shape index (κ1) is 12.8. The topological polar surface area (TPSA) is 55.3 Å². The number of piperidine rings is 1. The lowest BCUT2D eigenvalue weighted by molar-refractivity contribution is -0.133. The van der Waals surface area contributed by atoms with Gasteiger partial charge in [-0.1, -0.05) is 6.92 Å². The van der Waals surface area contributed by atoms with Crippen LogP contribution in [0.4, 0.5) is 0 Å². The SMILES string of the molecule is CCCC(=O)N1CCCC(Oc2cnccn2)C1. The molecule has 0 N–H and O–H groups in total. The molecule has 0 spiro atoms. The van der Waals surface area contributed by atoms with Crippen molar-refractivity contribution in [1.29, 1.82) is 0 Å². The Balaban J connectivity index is 1.89. The smallest absolute Gasteiger partial charge is 0.232 e. The van der Waals surface area contributed by atoms with Crippen molar-refractivity contribution < 1.29 is 9.53 Å². The monoisotopic (exact) mass is 249 g/mol. The Morgan fingerprint density at radius 1 is 1.56 bits per heavy atom. The largest absolute Gasteiger partial charge is 0.471 e. The fourth-order valence-electron chi connectivity index (χ4n) is 2.15. The number of carbonyl (C=O) groups is 1. The third kappa shape index (κ3) is 3.42. The van der Waals surface area contributed by atoms with Crippen LogP contribution in [0.25, 0.3) is 0 Å². The summed E-state index contributed by atoms with van der Waals surface area (Å²) in [6.45, 7) is 3.53. The Kier molecular flexibility index (Phi) is 4.50. The first-order valence-electron chi connectivity index (χ1n) is 6.50. The number of aromatic nitrogens is 2. The van der Waals surface area contributed by atoms with E-state index in [0.717, 1.165) is 25.8 Å². The van der Waals surface area contributed by atoms with E-state index in [-0.39, 0.29) is 12.0 Å². The van der Waals surface area contributed by atoms with Crippen LogP contribution in [0.5, 0.6) is 5.88 Å². The zero-order chi connectivity index (χ0) is 12.8. The van der Waals surface area contributed by atoms with Gasteiger partial charge in [-0.15, -0.1) is 0 Å². The molecule has 98 valence electrons. The van der Waals surface area contributed by atoms with Crippen molar-refractivity contribution in [1.82, 2.24) is 14.9 Å². The van der Waals surface area contributed by atoms with Crippen molar-refractivity contribution >= 4 is 5.91 Å². The van der Waals surface area contributed by atoms with Crippen molar-refractivity contribution in [2.75, 3.05) is 13.1 Å². The highest BCUT2D eigenvalue weighted by Crippen LogP contribution is 2.16. The van der Waals surface area contributed by atoms with Crippen LogP contribution in [0.1, 0.15) is 32.6 Å². The summed E-state index contributed by atoms with van der Waals surface area (Å²) in [5.74, 6) is 0.761. The summed E-state index contributed by atoms with van der Waals surface area (Å²) in [7, 11) is 0. The molecule has 5 nitrogen and oxygen atoms in total. The molecule has 1 atom stereocenters. The highest BCUT2D eigenvalue weighted by molar-refractivity contribution is 5.76. The molecule has 1 aliphatic rings. The zero-order valence-corrected chi connectivity index (χ0v) is 10.7. The lowest BCUT2D eigenvalue weighted by Gasteiger charge is -2.32. The molecule has 2 heterocycles. The van der Waals surface area contributed by atoms with Gasteiger partial charge in [-0.05, 0) is 19.3 Å². The van der Waals surface area contributed by atoms with E-state index in [9.17, 15) is 4.79 Å². The number of nitrogens with zero attached hydrogens (tertiary/aromatic N) is 3. The minimum atomic E-state index is 0.0382. The molecule has 1 aliphatic heterocycles. The summed E-state index contributed by atoms with van der Waals surface area (Å²) in [6.07, 6.45) is 8.34. The van der Waals surface area contributed by atoms with Crippen molar-refractivity contribution in [2.45, 2.75) is 38.7 Å². The number of carbonyl (C=O) groups excluding carboxylic acids is 1. The molecular weight excluding hydrogens is 230 g/mol. The van der Waals surface area contributed by atoms with Crippen molar-refractivity contribution in [3.8, 4) is 5.88 Å². The van der Waals surface area contributed by atoms with E-state index in [0.29, 0.717) is 18.8 Å². The van der Waals surface area contributed by atoms with Gasteiger partial charge in [-0.25, -0.2) is 4.98 Å². The van der Waals surface area contributed by atoms with E-state index < -0.39 is 0 Å². The van der Waals surface area contributed by atoms with E-state index in [4.69, 9.17) is 4.74 Å². The lowest BCUT2D eigenvalue weighted by atomic mass is 10.1. The molecule has 1 aromatic rings. The Morgan fingerprint density at radius 2 is 2.44 bits per heavy atom. The maximum atomic E-state index is 11.8. The van der Waals surface area contributed by atoms with Crippen molar-refractivity contribution in [2.24, 2.45) is 0 Å². The third-order valence-electron chi connectivity index (χ3n) is 3.02. The standard InChI is InChI=1S/C13H19N3O2/c1-2-4-13(17)16-8-3-5-11(10-16)18-12-9-14-6-7-15-12/h6-7,9,11H,2-5,8,10H2,1H3. The molecule has 1 saturated heterocycles. The summed E-state index contributed by atoms with van der Waals surface area (Å²) in [4.78, 5) is 21.8. The van der Waals surface area contributed by atoms with Gasteiger partial charge in [0, 0.05) is 25.4 Å². The fourth-order valence-corrected chi connectivity index (χ4v) is 2.15. The normalized spacial score (nSPS) is 19.6. The van der Waals surface area contributed by atoms with Gasteiger partial charge < -0.3 is 9.64 Å². The number of rotatable bonds is 4. The fraction of sp³-hybridized carbons (Fsp3) is 0.615. The summed E-state index contributed by atoms with van der Waals surface area (Å²) in [6, 6.07) is 0. The zero-order valence-electron chi connectivity index (χ0n) is 10.7. The minimum Gasteiger partial charge on any atom is -0.471 e. The average Bonchev–Trinajstić information content (AvgIpc) is 2.40. The molecular formula is C13H19N3O2. The molecule has 1 aromatic heterocycles. The summed E-state index contributed by atoms with van der Waals surface area (Å²) in [5, 5.41) is 0. The molecule has 1 amide bonds. The van der Waals surface area contributed by atoms with Crippen LogP contribution in [-0.2, 0) is 4.79 Å². The highest BCUT2D eigenvalue weighted by atomic mass is 16.5. The van der Waals surface area contributed by atoms with E-state index in [1.807, 2.05) is 11.8 Å². The van der Waals surface area contributed by atoms with Crippen LogP contribution in [0, 0.1) is 0 Å². The van der Waals surface area contributed by atoms with Gasteiger partial charge in [0.05, 0.1) is 12.7 Å². The lowest BCUT2D eigenvalue weighted by Crippen LogP contribution is -2.44. The van der Waals surface area contributed by atoms with Crippen LogP contribution < -0.4 is 4.74 Å². The predicted octanol–water partition coefficient (Wildman–Crippen LogP) is 1.65. The number of hydrogen-bond donors (Lipinski definition) is 0. The van der Waals surface area contributed by atoms with Gasteiger partial charge >= 0.3 is 0 Å². The van der Waals surface area contributed by atoms with Gasteiger partial charge in [0.1, 0.15) is 6.10 Å². The molecule has 0 bridgehead atoms. The molecule has 0 aliphatic carbocycles. The van der Waals surface area contributed by atoms with Gasteiger partial charge in [-0.2, -0.15) is 0 Å². The van der Waals surface area contributed by atoms with Crippen LogP contribution in [0.3, 0.4) is 0 Å². The van der Waals surface area contributed by atoms with Crippen molar-refractivity contribution in [3.05, 3.63) is 18.6 Å². The Morgan fingerprint density at radius 3 is 3.17 bits per heavy atom.